The summed E-state index contributed by atoms with van der Waals surface area (Å²) in [6.45, 7) is 1.85. The molecule has 2 rings (SSSR count). The molecule has 5 nitrogen and oxygen atoms in total. The molecule has 1 aromatic carbocycles. The first kappa shape index (κ1) is 16.4. The number of ether oxygens (including phenoxy) is 1. The van der Waals surface area contributed by atoms with Crippen LogP contribution in [0.1, 0.15) is 18.5 Å². The lowest BCUT2D eigenvalue weighted by atomic mass is 9.95. The maximum absolute atomic E-state index is 14.0. The second-order valence-electron chi connectivity index (χ2n) is 4.72. The van der Waals surface area contributed by atoms with Crippen molar-refractivity contribution in [1.29, 1.82) is 0 Å². The molecule has 0 spiro atoms. The van der Waals surface area contributed by atoms with Gasteiger partial charge in [-0.05, 0) is 19.2 Å². The molecule has 7 heteroatoms. The maximum Gasteiger partial charge on any atom is 0.338 e. The third kappa shape index (κ3) is 3.59. The normalized spacial score (nSPS) is 17.8. The number of urea groups is 1. The minimum absolute atomic E-state index is 0.214. The number of thioether (sulfide) groups is 1. The Labute approximate surface area is 132 Å². The molecule has 0 saturated heterocycles. The Bertz CT molecular complexity index is 619. The van der Waals surface area contributed by atoms with Gasteiger partial charge in [-0.2, -0.15) is 11.8 Å². The fraction of sp³-hybridized carbons (Fsp3) is 0.333. The lowest BCUT2D eigenvalue weighted by molar-refractivity contribution is -0.138. The predicted molar refractivity (Wildman–Crippen MR) is 82.8 cm³/mol. The molecule has 0 radical (unpaired) electrons. The summed E-state index contributed by atoms with van der Waals surface area (Å²) in [5.41, 5.74) is 0.811. The molecule has 2 amide bonds. The number of allylic oxidation sites excluding steroid dienone is 1. The van der Waals surface area contributed by atoms with E-state index in [1.54, 1.807) is 30.8 Å². The Kier molecular flexibility index (Phi) is 5.43. The van der Waals surface area contributed by atoms with Crippen molar-refractivity contribution in [2.24, 2.45) is 0 Å². The summed E-state index contributed by atoms with van der Waals surface area (Å²) in [4.78, 5) is 23.9. The van der Waals surface area contributed by atoms with Crippen LogP contribution in [0.3, 0.4) is 0 Å². The molecule has 0 aromatic heterocycles. The van der Waals surface area contributed by atoms with Gasteiger partial charge in [0.05, 0.1) is 11.6 Å². The Hall–Kier alpha value is -2.02. The van der Waals surface area contributed by atoms with Gasteiger partial charge < -0.3 is 15.4 Å². The van der Waals surface area contributed by atoms with Gasteiger partial charge in [-0.3, -0.25) is 0 Å². The topological polar surface area (TPSA) is 67.4 Å². The molecule has 118 valence electrons. The van der Waals surface area contributed by atoms with Crippen LogP contribution in [-0.2, 0) is 9.53 Å². The largest absolute Gasteiger partial charge is 0.461 e. The molecule has 1 aliphatic heterocycles. The third-order valence-electron chi connectivity index (χ3n) is 3.23. The highest BCUT2D eigenvalue weighted by Gasteiger charge is 2.33. The average Bonchev–Trinajstić information content (AvgIpc) is 2.47. The molecule has 0 aliphatic carbocycles. The van der Waals surface area contributed by atoms with Crippen molar-refractivity contribution in [2.75, 3.05) is 18.6 Å². The Morgan fingerprint density at radius 3 is 2.82 bits per heavy atom. The van der Waals surface area contributed by atoms with Crippen LogP contribution in [0.4, 0.5) is 9.18 Å². The molecule has 22 heavy (non-hydrogen) atoms. The van der Waals surface area contributed by atoms with Crippen LogP contribution in [0.25, 0.3) is 0 Å². The lowest BCUT2D eigenvalue weighted by Gasteiger charge is -2.28. The first-order valence-corrected chi connectivity index (χ1v) is 8.12. The fourth-order valence-corrected chi connectivity index (χ4v) is 2.45. The van der Waals surface area contributed by atoms with Crippen molar-refractivity contribution in [3.8, 4) is 0 Å². The monoisotopic (exact) mass is 324 g/mol. The minimum atomic E-state index is -0.864. The summed E-state index contributed by atoms with van der Waals surface area (Å²) in [6, 6.07) is 4.68. The van der Waals surface area contributed by atoms with E-state index >= 15 is 0 Å². The highest BCUT2D eigenvalue weighted by atomic mass is 32.2. The molecule has 0 fully saturated rings. The highest BCUT2D eigenvalue weighted by Crippen LogP contribution is 2.29. The molecular weight excluding hydrogens is 307 g/mol. The quantitative estimate of drug-likeness (QED) is 0.644. The van der Waals surface area contributed by atoms with Gasteiger partial charge in [-0.25, -0.2) is 14.0 Å². The number of esters is 1. The van der Waals surface area contributed by atoms with Crippen molar-refractivity contribution < 1.29 is 18.7 Å². The van der Waals surface area contributed by atoms with E-state index < -0.39 is 23.9 Å². The van der Waals surface area contributed by atoms with E-state index in [0.717, 1.165) is 0 Å². The van der Waals surface area contributed by atoms with Gasteiger partial charge in [0.1, 0.15) is 12.4 Å². The van der Waals surface area contributed by atoms with Crippen LogP contribution >= 0.6 is 11.8 Å². The Morgan fingerprint density at radius 2 is 2.14 bits per heavy atom. The van der Waals surface area contributed by atoms with Gasteiger partial charge in [0, 0.05) is 17.0 Å². The van der Waals surface area contributed by atoms with Crippen LogP contribution in [0.5, 0.6) is 0 Å². The smallest absolute Gasteiger partial charge is 0.338 e. The molecule has 1 atom stereocenters. The molecule has 2 N–H and O–H groups in total. The van der Waals surface area contributed by atoms with Gasteiger partial charge in [0.15, 0.2) is 0 Å². The number of benzene rings is 1. The van der Waals surface area contributed by atoms with Crippen molar-refractivity contribution in [2.45, 2.75) is 13.0 Å². The van der Waals surface area contributed by atoms with E-state index in [1.165, 1.54) is 12.1 Å². The molecular formula is C15H17FN2O3S. The molecule has 0 saturated carbocycles. The number of hydrogen-bond donors (Lipinski definition) is 2. The fourth-order valence-electron chi connectivity index (χ4n) is 2.20. The van der Waals surface area contributed by atoms with Crippen molar-refractivity contribution in [1.82, 2.24) is 10.6 Å². The highest BCUT2D eigenvalue weighted by molar-refractivity contribution is 7.98. The van der Waals surface area contributed by atoms with Crippen LogP contribution in [0.15, 0.2) is 35.5 Å². The number of amides is 2. The van der Waals surface area contributed by atoms with Crippen LogP contribution in [-0.4, -0.2) is 30.6 Å². The van der Waals surface area contributed by atoms with Crippen molar-refractivity contribution in [3.05, 3.63) is 46.9 Å². The van der Waals surface area contributed by atoms with Gasteiger partial charge in [-0.1, -0.05) is 18.2 Å². The van der Waals surface area contributed by atoms with Gasteiger partial charge in [-0.15, -0.1) is 0 Å². The second kappa shape index (κ2) is 7.31. The molecule has 1 aliphatic rings. The number of carbonyl (C=O) groups excluding carboxylic acids is 2. The number of nitrogens with one attached hydrogen (secondary N) is 2. The van der Waals surface area contributed by atoms with Gasteiger partial charge in [0.2, 0.25) is 0 Å². The molecule has 0 unspecified atom stereocenters. The van der Waals surface area contributed by atoms with Gasteiger partial charge >= 0.3 is 12.0 Å². The van der Waals surface area contributed by atoms with Crippen LogP contribution < -0.4 is 10.6 Å². The first-order valence-electron chi connectivity index (χ1n) is 6.73. The minimum Gasteiger partial charge on any atom is -0.461 e. The predicted octanol–water partition coefficient (Wildman–Crippen LogP) is 2.36. The summed E-state index contributed by atoms with van der Waals surface area (Å²) >= 11 is 1.55. The van der Waals surface area contributed by atoms with E-state index in [4.69, 9.17) is 4.74 Å². The van der Waals surface area contributed by atoms with Gasteiger partial charge in [0.25, 0.3) is 0 Å². The van der Waals surface area contributed by atoms with Crippen LogP contribution in [0.2, 0.25) is 0 Å². The molecule has 0 bridgehead atoms. The average molecular weight is 324 g/mol. The van der Waals surface area contributed by atoms with Crippen molar-refractivity contribution >= 4 is 23.8 Å². The number of carbonyl (C=O) groups is 2. The standard InChI is InChI=1S/C15H17FN2O3S/c1-9-12(14(19)21-7-8-22-2)13(18-15(20)17-9)10-5-3-4-6-11(10)16/h3-6,13H,7-8H2,1-2H3,(H2,17,18,20)/t13-/m1/s1. The second-order valence-corrected chi connectivity index (χ2v) is 5.71. The Balaban J connectivity index is 2.33. The van der Waals surface area contributed by atoms with E-state index in [1.807, 2.05) is 6.26 Å². The maximum atomic E-state index is 14.0. The van der Waals surface area contributed by atoms with E-state index in [9.17, 15) is 14.0 Å². The van der Waals surface area contributed by atoms with E-state index in [-0.39, 0.29) is 17.7 Å². The molecule has 1 heterocycles. The summed E-state index contributed by atoms with van der Waals surface area (Å²) in [5.74, 6) is -0.383. The number of halogens is 1. The zero-order chi connectivity index (χ0) is 16.1. The number of hydrogen-bond acceptors (Lipinski definition) is 4. The molecule has 1 aromatic rings. The summed E-state index contributed by atoms with van der Waals surface area (Å²) in [6.07, 6.45) is 1.91. The first-order chi connectivity index (χ1) is 10.5. The number of rotatable bonds is 5. The van der Waals surface area contributed by atoms with E-state index in [2.05, 4.69) is 10.6 Å². The summed E-state index contributed by atoms with van der Waals surface area (Å²) < 4.78 is 19.2. The zero-order valence-corrected chi connectivity index (χ0v) is 13.1. The SMILES string of the molecule is CSCCOC(=O)C1=C(C)NC(=O)N[C@@H]1c1ccccc1F. The third-order valence-corrected chi connectivity index (χ3v) is 3.80. The van der Waals surface area contributed by atoms with Crippen LogP contribution in [0, 0.1) is 5.82 Å². The summed E-state index contributed by atoms with van der Waals surface area (Å²) in [7, 11) is 0. The van der Waals surface area contributed by atoms with E-state index in [0.29, 0.717) is 11.4 Å². The van der Waals surface area contributed by atoms with Crippen molar-refractivity contribution in [3.63, 3.8) is 0 Å². The Morgan fingerprint density at radius 1 is 1.41 bits per heavy atom. The summed E-state index contributed by atoms with van der Waals surface area (Å²) in [5, 5.41) is 5.09. The zero-order valence-electron chi connectivity index (χ0n) is 12.3. The lowest BCUT2D eigenvalue weighted by Crippen LogP contribution is -2.45.